The number of benzene rings is 1. The highest BCUT2D eigenvalue weighted by Crippen LogP contribution is 2.25. The van der Waals surface area contributed by atoms with E-state index in [0.29, 0.717) is 5.02 Å². The summed E-state index contributed by atoms with van der Waals surface area (Å²) in [5, 5.41) is 0.711. The number of fused-ring (bicyclic) bond motifs is 2. The molecule has 2 aromatic heterocycles. The predicted molar refractivity (Wildman–Crippen MR) is 82.1 cm³/mol. The molecule has 0 aromatic carbocycles. The van der Waals surface area contributed by atoms with Crippen LogP contribution in [-0.4, -0.2) is 24.0 Å². The topological polar surface area (TPSA) is 16.4 Å². The fraction of sp³-hybridized carbons (Fsp3) is 0.500. The molecule has 0 N–H and O–H groups in total. The summed E-state index contributed by atoms with van der Waals surface area (Å²) >= 11 is 5.64. The van der Waals surface area contributed by atoms with Crippen LogP contribution in [0.25, 0.3) is 11.2 Å². The van der Waals surface area contributed by atoms with Crippen LogP contribution >= 0.6 is 11.6 Å². The van der Waals surface area contributed by atoms with Gasteiger partial charge in [0.15, 0.2) is 0 Å². The van der Waals surface area contributed by atoms with E-state index in [4.69, 9.17) is 16.0 Å². The monoisotopic (exact) mass is 279 g/mol. The molecule has 0 spiro atoms. The number of halogens is 1. The highest BCUT2D eigenvalue weighted by Gasteiger charge is 2.18. The zero-order chi connectivity index (χ0) is 13.7. The molecule has 0 saturated carbocycles. The molecule has 1 aliphatic heterocycles. The van der Waals surface area contributed by atoms with Crippen molar-refractivity contribution in [2.45, 2.75) is 38.6 Å². The number of likely N-dealkylation sites (tertiary alicyclic amines) is 1. The largest absolute Gasteiger partial charge is 0.456 e. The van der Waals surface area contributed by atoms with Gasteiger partial charge in [-0.05, 0) is 37.9 Å². The number of rotatable bonds is 3. The van der Waals surface area contributed by atoms with Crippen molar-refractivity contribution in [3.63, 3.8) is 0 Å². The minimum Gasteiger partial charge on any atom is -0.456 e. The Bertz CT molecular complexity index is 493. The van der Waals surface area contributed by atoms with Crippen LogP contribution in [0.4, 0.5) is 0 Å². The lowest BCUT2D eigenvalue weighted by atomic mass is 10.0. The first kappa shape index (κ1) is 14.4. The van der Waals surface area contributed by atoms with Gasteiger partial charge in [0.2, 0.25) is 0 Å². The Morgan fingerprint density at radius 1 is 1.47 bits per heavy atom. The summed E-state index contributed by atoms with van der Waals surface area (Å²) in [4.78, 5) is 2.55. The molecule has 1 atom stereocenters. The lowest BCUT2D eigenvalue weighted by Crippen LogP contribution is -2.38. The van der Waals surface area contributed by atoms with Gasteiger partial charge < -0.3 is 4.42 Å². The molecule has 2 aromatic rings. The lowest BCUT2D eigenvalue weighted by molar-refractivity contribution is 0.161. The quantitative estimate of drug-likeness (QED) is 0.738. The molecular weight excluding hydrogens is 258 g/mol. The van der Waals surface area contributed by atoms with Crippen molar-refractivity contribution in [2.75, 3.05) is 13.1 Å². The molecule has 2 nitrogen and oxygen atoms in total. The van der Waals surface area contributed by atoms with Gasteiger partial charge in [0.05, 0.1) is 5.02 Å². The summed E-state index contributed by atoms with van der Waals surface area (Å²) in [5.41, 5.74) is 1.63. The highest BCUT2D eigenvalue weighted by atomic mass is 35.5. The van der Waals surface area contributed by atoms with Gasteiger partial charge in [-0.25, -0.2) is 0 Å². The molecule has 0 radical (unpaired) electrons. The van der Waals surface area contributed by atoms with Crippen LogP contribution in [0.5, 0.6) is 0 Å². The molecule has 1 aliphatic rings. The molecule has 3 rings (SSSR count). The third-order valence-electron chi connectivity index (χ3n) is 3.72. The third-order valence-corrected chi connectivity index (χ3v) is 4.01. The summed E-state index contributed by atoms with van der Waals surface area (Å²) in [7, 11) is 0. The molecule has 0 aliphatic carbocycles. The predicted octanol–water partition coefficient (Wildman–Crippen LogP) is 4.96. The average Bonchev–Trinajstić information content (AvgIpc) is 3.02. The standard InChI is InChI=1S/C10H19N.C6H3ClO/c1-3-8-11-9-6-5-7-10(11)4-2;7-5-3-4-1-2-6(5)8-4/h3,10H,1,4-9H2,2H3;1-3H. The SMILES string of the molecule is C=CCN1CCCCC1CC.Clc1cc2ccc1o2. The Balaban J connectivity index is 0.000000146. The summed E-state index contributed by atoms with van der Waals surface area (Å²) in [6.07, 6.45) is 7.52. The van der Waals surface area contributed by atoms with Crippen LogP contribution in [0.1, 0.15) is 32.6 Å². The van der Waals surface area contributed by atoms with Gasteiger partial charge in [-0.2, -0.15) is 0 Å². The van der Waals surface area contributed by atoms with Crippen LogP contribution < -0.4 is 0 Å². The van der Waals surface area contributed by atoms with Gasteiger partial charge in [-0.3, -0.25) is 4.90 Å². The molecule has 1 unspecified atom stereocenters. The maximum Gasteiger partial charge on any atom is 0.146 e. The minimum absolute atomic E-state index is 0.711. The van der Waals surface area contributed by atoms with Crippen molar-refractivity contribution in [1.82, 2.24) is 4.90 Å². The van der Waals surface area contributed by atoms with E-state index in [0.717, 1.165) is 23.8 Å². The van der Waals surface area contributed by atoms with Gasteiger partial charge in [0, 0.05) is 18.7 Å². The first-order chi connectivity index (χ1) is 9.24. The van der Waals surface area contributed by atoms with Crippen LogP contribution in [0.3, 0.4) is 0 Å². The smallest absolute Gasteiger partial charge is 0.146 e. The molecular formula is C16H22ClNO. The third kappa shape index (κ3) is 3.74. The van der Waals surface area contributed by atoms with E-state index in [1.165, 1.54) is 32.2 Å². The second-order valence-electron chi connectivity index (χ2n) is 5.04. The number of piperidine rings is 1. The van der Waals surface area contributed by atoms with Crippen molar-refractivity contribution < 1.29 is 4.42 Å². The van der Waals surface area contributed by atoms with Gasteiger partial charge >= 0.3 is 0 Å². The van der Waals surface area contributed by atoms with E-state index < -0.39 is 0 Å². The van der Waals surface area contributed by atoms with Crippen molar-refractivity contribution in [1.29, 1.82) is 0 Å². The van der Waals surface area contributed by atoms with E-state index >= 15 is 0 Å². The second-order valence-corrected chi connectivity index (χ2v) is 5.44. The Hall–Kier alpha value is -0.990. The maximum atomic E-state index is 5.64. The van der Waals surface area contributed by atoms with Crippen molar-refractivity contribution in [3.05, 3.63) is 35.9 Å². The maximum absolute atomic E-state index is 5.64. The van der Waals surface area contributed by atoms with Crippen LogP contribution in [-0.2, 0) is 0 Å². The highest BCUT2D eigenvalue weighted by molar-refractivity contribution is 6.34. The van der Waals surface area contributed by atoms with Gasteiger partial charge in [0.1, 0.15) is 11.2 Å². The van der Waals surface area contributed by atoms with Crippen LogP contribution in [0.15, 0.2) is 35.3 Å². The summed E-state index contributed by atoms with van der Waals surface area (Å²) in [6, 6.07) is 6.39. The zero-order valence-corrected chi connectivity index (χ0v) is 12.3. The fourth-order valence-corrected chi connectivity index (χ4v) is 2.89. The molecule has 1 saturated heterocycles. The molecule has 1 fully saturated rings. The van der Waals surface area contributed by atoms with Crippen molar-refractivity contribution >= 4 is 22.8 Å². The van der Waals surface area contributed by atoms with Gasteiger partial charge in [-0.15, -0.1) is 6.58 Å². The van der Waals surface area contributed by atoms with Gasteiger partial charge in [-0.1, -0.05) is 31.0 Å². The Kier molecular flexibility index (Phi) is 5.29. The molecule has 2 bridgehead atoms. The van der Waals surface area contributed by atoms with Gasteiger partial charge in [0.25, 0.3) is 0 Å². The van der Waals surface area contributed by atoms with Crippen LogP contribution in [0, 0.1) is 0 Å². The zero-order valence-electron chi connectivity index (χ0n) is 11.6. The van der Waals surface area contributed by atoms with E-state index in [9.17, 15) is 0 Å². The molecule has 0 amide bonds. The van der Waals surface area contributed by atoms with Crippen molar-refractivity contribution in [3.8, 4) is 0 Å². The molecule has 19 heavy (non-hydrogen) atoms. The van der Waals surface area contributed by atoms with Crippen molar-refractivity contribution in [2.24, 2.45) is 0 Å². The minimum atomic E-state index is 0.711. The van der Waals surface area contributed by atoms with E-state index in [2.05, 4.69) is 18.4 Å². The Labute approximate surface area is 120 Å². The Morgan fingerprint density at radius 3 is 2.79 bits per heavy atom. The normalized spacial score (nSPS) is 20.2. The average molecular weight is 280 g/mol. The first-order valence-electron chi connectivity index (χ1n) is 7.07. The summed E-state index contributed by atoms with van der Waals surface area (Å²) in [5.74, 6) is 0. The van der Waals surface area contributed by atoms with E-state index in [1.54, 1.807) is 6.07 Å². The number of hydrogen-bond donors (Lipinski definition) is 0. The second kappa shape index (κ2) is 6.97. The molecule has 104 valence electrons. The van der Waals surface area contributed by atoms with E-state index in [1.807, 2.05) is 18.2 Å². The lowest BCUT2D eigenvalue weighted by Gasteiger charge is -2.34. The Morgan fingerprint density at radius 2 is 2.32 bits per heavy atom. The number of furan rings is 2. The molecule has 3 heterocycles. The number of hydrogen-bond acceptors (Lipinski definition) is 2. The van der Waals surface area contributed by atoms with E-state index in [-0.39, 0.29) is 0 Å². The first-order valence-corrected chi connectivity index (χ1v) is 7.44. The number of nitrogens with zero attached hydrogens (tertiary/aromatic N) is 1. The summed E-state index contributed by atoms with van der Waals surface area (Å²) in [6.45, 7) is 8.43. The summed E-state index contributed by atoms with van der Waals surface area (Å²) < 4.78 is 5.08. The fourth-order valence-electron chi connectivity index (χ4n) is 2.68. The van der Waals surface area contributed by atoms with Crippen LogP contribution in [0.2, 0.25) is 5.02 Å². The molecule has 3 heteroatoms.